The minimum Gasteiger partial charge on any atom is -0.247 e. The van der Waals surface area contributed by atoms with Crippen molar-refractivity contribution in [1.29, 1.82) is 0 Å². The molecule has 1 atom stereocenters. The summed E-state index contributed by atoms with van der Waals surface area (Å²) in [6, 6.07) is 0. The van der Waals surface area contributed by atoms with Crippen LogP contribution in [0.1, 0.15) is 30.7 Å². The second-order valence-corrected chi connectivity index (χ2v) is 3.48. The van der Waals surface area contributed by atoms with Gasteiger partial charge in [0.25, 0.3) is 0 Å². The molecule has 0 saturated heterocycles. The molecule has 3 nitrogen and oxygen atoms in total. The van der Waals surface area contributed by atoms with Crippen LogP contribution in [0.25, 0.3) is 0 Å². The second-order valence-electron chi connectivity index (χ2n) is 3.48. The number of aromatic nitrogens is 3. The average molecular weight is 223 g/mol. The summed E-state index contributed by atoms with van der Waals surface area (Å²) in [5, 5.41) is 3.81. The Hall–Kier alpha value is -1.14. The van der Waals surface area contributed by atoms with Crippen LogP contribution in [0.5, 0.6) is 0 Å². The third-order valence-electron chi connectivity index (χ3n) is 2.25. The highest BCUT2D eigenvalue weighted by Gasteiger charge is 2.30. The Morgan fingerprint density at radius 1 is 1.40 bits per heavy atom. The van der Waals surface area contributed by atoms with Crippen molar-refractivity contribution in [2.75, 3.05) is 0 Å². The summed E-state index contributed by atoms with van der Waals surface area (Å²) in [5.41, 5.74) is 0. The third-order valence-corrected chi connectivity index (χ3v) is 2.25. The van der Waals surface area contributed by atoms with Crippen molar-refractivity contribution in [2.24, 2.45) is 0 Å². The first kappa shape index (κ1) is 10.4. The molecule has 1 aliphatic heterocycles. The summed E-state index contributed by atoms with van der Waals surface area (Å²) in [6.07, 6.45) is -6.33. The van der Waals surface area contributed by atoms with Gasteiger partial charge in [0.05, 0.1) is 6.42 Å². The number of aryl methyl sites for hydroxylation is 2. The smallest absolute Gasteiger partial charge is 0.247 e. The van der Waals surface area contributed by atoms with E-state index in [-0.39, 0.29) is 18.1 Å². The van der Waals surface area contributed by atoms with E-state index in [4.69, 9.17) is 0 Å². The number of hydrogen-bond acceptors (Lipinski definition) is 2. The van der Waals surface area contributed by atoms with Crippen molar-refractivity contribution in [3.63, 3.8) is 0 Å². The molecule has 84 valence electrons. The fourth-order valence-corrected chi connectivity index (χ4v) is 1.52. The van der Waals surface area contributed by atoms with Crippen LogP contribution in [0.4, 0.5) is 17.6 Å². The number of fused-ring (bicyclic) bond motifs is 1. The summed E-state index contributed by atoms with van der Waals surface area (Å²) in [5.74, 6) is 0.233. The maximum Gasteiger partial charge on any atom is 0.389 e. The Balaban J connectivity index is 2.03. The number of halogens is 4. The zero-order chi connectivity index (χ0) is 11.1. The predicted molar refractivity (Wildman–Crippen MR) is 42.9 cm³/mol. The lowest BCUT2D eigenvalue weighted by Crippen LogP contribution is -2.09. The normalized spacial score (nSPS) is 20.7. The van der Waals surface area contributed by atoms with Crippen LogP contribution in [-0.4, -0.2) is 20.9 Å². The predicted octanol–water partition coefficient (Wildman–Crippen LogP) is 2.19. The topological polar surface area (TPSA) is 30.7 Å². The lowest BCUT2D eigenvalue weighted by molar-refractivity contribution is -0.134. The molecular formula is C8H9F4N3. The molecule has 1 aliphatic rings. The van der Waals surface area contributed by atoms with E-state index in [0.29, 0.717) is 13.0 Å². The van der Waals surface area contributed by atoms with Gasteiger partial charge in [-0.1, -0.05) is 0 Å². The number of hydrogen-bond donors (Lipinski definition) is 0. The minimum atomic E-state index is -4.22. The van der Waals surface area contributed by atoms with Gasteiger partial charge in [0.1, 0.15) is 0 Å². The van der Waals surface area contributed by atoms with Crippen LogP contribution in [-0.2, 0) is 13.0 Å². The quantitative estimate of drug-likeness (QED) is 0.719. The Labute approximate surface area is 83.1 Å². The molecule has 0 aliphatic carbocycles. The van der Waals surface area contributed by atoms with Crippen LogP contribution < -0.4 is 0 Å². The summed E-state index contributed by atoms with van der Waals surface area (Å²) in [7, 11) is 0. The van der Waals surface area contributed by atoms with Gasteiger partial charge in [-0.05, 0) is 0 Å². The fourth-order valence-electron chi connectivity index (χ4n) is 1.52. The van der Waals surface area contributed by atoms with Gasteiger partial charge in [-0.3, -0.25) is 0 Å². The lowest BCUT2D eigenvalue weighted by Gasteiger charge is -2.02. The van der Waals surface area contributed by atoms with Crippen LogP contribution in [0.15, 0.2) is 0 Å². The van der Waals surface area contributed by atoms with Crippen LogP contribution in [0.3, 0.4) is 0 Å². The molecule has 1 aromatic rings. The number of nitrogens with zero attached hydrogens (tertiary/aromatic N) is 3. The van der Waals surface area contributed by atoms with Gasteiger partial charge >= 0.3 is 6.18 Å². The first-order valence-corrected chi connectivity index (χ1v) is 4.60. The number of rotatable bonds is 2. The molecule has 0 spiro atoms. The van der Waals surface area contributed by atoms with Gasteiger partial charge in [-0.25, -0.2) is 14.1 Å². The van der Waals surface area contributed by atoms with Crippen molar-refractivity contribution >= 4 is 0 Å². The van der Waals surface area contributed by atoms with Crippen molar-refractivity contribution < 1.29 is 17.6 Å². The molecule has 1 aromatic heterocycles. The SMILES string of the molecule is F[C@@H]1CCn2nc(CCC(F)(F)F)nc21. The molecule has 0 amide bonds. The highest BCUT2D eigenvalue weighted by atomic mass is 19.4. The second kappa shape index (κ2) is 3.46. The van der Waals surface area contributed by atoms with E-state index in [0.717, 1.165) is 0 Å². The zero-order valence-corrected chi connectivity index (χ0v) is 7.76. The standard InChI is InChI=1S/C8H9F4N3/c9-5-2-4-15-7(5)13-6(14-15)1-3-8(10,11)12/h5H,1-4H2/t5-/m1/s1. The van der Waals surface area contributed by atoms with Gasteiger partial charge in [-0.15, -0.1) is 0 Å². The highest BCUT2D eigenvalue weighted by Crippen LogP contribution is 2.28. The summed E-state index contributed by atoms with van der Waals surface area (Å²) in [4.78, 5) is 3.75. The molecule has 0 saturated carbocycles. The van der Waals surface area contributed by atoms with E-state index in [1.54, 1.807) is 0 Å². The summed E-state index contributed by atoms with van der Waals surface area (Å²) in [6.45, 7) is 0.398. The van der Waals surface area contributed by atoms with E-state index < -0.39 is 18.8 Å². The molecule has 0 radical (unpaired) electrons. The maximum absolute atomic E-state index is 13.1. The molecule has 0 bridgehead atoms. The molecule has 15 heavy (non-hydrogen) atoms. The Bertz CT molecular complexity index is 357. The average Bonchev–Trinajstić information content (AvgIpc) is 2.64. The van der Waals surface area contributed by atoms with Gasteiger partial charge in [0.2, 0.25) is 0 Å². The Morgan fingerprint density at radius 2 is 2.13 bits per heavy atom. The molecule has 2 heterocycles. The molecule has 0 aromatic carbocycles. The van der Waals surface area contributed by atoms with Crippen molar-refractivity contribution in [3.8, 4) is 0 Å². The molecular weight excluding hydrogens is 214 g/mol. The summed E-state index contributed by atoms with van der Waals surface area (Å²) >= 11 is 0. The molecule has 0 unspecified atom stereocenters. The van der Waals surface area contributed by atoms with E-state index in [1.165, 1.54) is 4.68 Å². The van der Waals surface area contributed by atoms with Crippen LogP contribution >= 0.6 is 0 Å². The largest absolute Gasteiger partial charge is 0.389 e. The molecule has 0 N–H and O–H groups in total. The Morgan fingerprint density at radius 3 is 2.73 bits per heavy atom. The monoisotopic (exact) mass is 223 g/mol. The fraction of sp³-hybridized carbons (Fsp3) is 0.750. The highest BCUT2D eigenvalue weighted by molar-refractivity contribution is 5.01. The molecule has 2 rings (SSSR count). The molecule has 7 heteroatoms. The first-order chi connectivity index (χ1) is 6.96. The van der Waals surface area contributed by atoms with E-state index in [9.17, 15) is 17.6 Å². The van der Waals surface area contributed by atoms with Gasteiger partial charge in [-0.2, -0.15) is 18.3 Å². The lowest BCUT2D eigenvalue weighted by atomic mass is 10.3. The maximum atomic E-state index is 13.1. The van der Waals surface area contributed by atoms with E-state index in [2.05, 4.69) is 10.1 Å². The van der Waals surface area contributed by atoms with Crippen LogP contribution in [0, 0.1) is 0 Å². The van der Waals surface area contributed by atoms with Crippen molar-refractivity contribution in [2.45, 2.75) is 38.2 Å². The van der Waals surface area contributed by atoms with E-state index >= 15 is 0 Å². The Kier molecular flexibility index (Phi) is 2.40. The van der Waals surface area contributed by atoms with Gasteiger partial charge in [0.15, 0.2) is 17.8 Å². The van der Waals surface area contributed by atoms with Crippen LogP contribution in [0.2, 0.25) is 0 Å². The van der Waals surface area contributed by atoms with Gasteiger partial charge in [0, 0.05) is 19.4 Å². The van der Waals surface area contributed by atoms with E-state index in [1.807, 2.05) is 0 Å². The minimum absolute atomic E-state index is 0.0738. The zero-order valence-electron chi connectivity index (χ0n) is 7.76. The molecule has 0 fully saturated rings. The van der Waals surface area contributed by atoms with Crippen molar-refractivity contribution in [1.82, 2.24) is 14.8 Å². The van der Waals surface area contributed by atoms with Crippen molar-refractivity contribution in [3.05, 3.63) is 11.6 Å². The third kappa shape index (κ3) is 2.27. The first-order valence-electron chi connectivity index (χ1n) is 4.60. The van der Waals surface area contributed by atoms with Gasteiger partial charge < -0.3 is 0 Å². The summed E-state index contributed by atoms with van der Waals surface area (Å²) < 4.78 is 50.1. The number of alkyl halides is 4.